The fraction of sp³-hybridized carbons (Fsp3) is 0.217. The summed E-state index contributed by atoms with van der Waals surface area (Å²) in [5.41, 5.74) is 1.86. The first-order valence-corrected chi connectivity index (χ1v) is 9.43. The van der Waals surface area contributed by atoms with E-state index in [1.807, 2.05) is 77.7 Å². The minimum Gasteiger partial charge on any atom is -0.463 e. The van der Waals surface area contributed by atoms with E-state index in [1.165, 1.54) is 0 Å². The number of fused-ring (bicyclic) bond motifs is 1. The number of rotatable bonds is 5. The van der Waals surface area contributed by atoms with Crippen LogP contribution in [0.5, 0.6) is 0 Å². The first-order chi connectivity index (χ1) is 13.7. The molecule has 142 valence electrons. The molecular formula is C23H22N2O3. The van der Waals surface area contributed by atoms with Crippen LogP contribution in [0.4, 0.5) is 5.69 Å². The Morgan fingerprint density at radius 1 is 1.00 bits per heavy atom. The van der Waals surface area contributed by atoms with Gasteiger partial charge in [-0.1, -0.05) is 66.7 Å². The number of nitrogens with zero attached hydrogens (tertiary/aromatic N) is 1. The predicted molar refractivity (Wildman–Crippen MR) is 109 cm³/mol. The zero-order valence-corrected chi connectivity index (χ0v) is 15.5. The van der Waals surface area contributed by atoms with E-state index < -0.39 is 6.04 Å². The lowest BCUT2D eigenvalue weighted by molar-refractivity contribution is -0.159. The van der Waals surface area contributed by atoms with Crippen LogP contribution in [0.25, 0.3) is 10.8 Å². The van der Waals surface area contributed by atoms with Crippen LogP contribution in [0.1, 0.15) is 12.0 Å². The van der Waals surface area contributed by atoms with E-state index in [4.69, 9.17) is 4.74 Å². The van der Waals surface area contributed by atoms with Crippen molar-refractivity contribution in [3.63, 3.8) is 0 Å². The van der Waals surface area contributed by atoms with Crippen molar-refractivity contribution in [1.29, 1.82) is 0 Å². The Kier molecular flexibility index (Phi) is 5.35. The number of benzene rings is 3. The van der Waals surface area contributed by atoms with Crippen molar-refractivity contribution in [2.75, 3.05) is 18.5 Å². The van der Waals surface area contributed by atoms with Gasteiger partial charge < -0.3 is 10.1 Å². The molecule has 1 unspecified atom stereocenters. The molecule has 1 aliphatic heterocycles. The van der Waals surface area contributed by atoms with E-state index >= 15 is 0 Å². The Morgan fingerprint density at radius 3 is 2.61 bits per heavy atom. The van der Waals surface area contributed by atoms with Crippen LogP contribution in [0.2, 0.25) is 0 Å². The number of carbonyl (C=O) groups is 2. The zero-order chi connectivity index (χ0) is 19.3. The highest BCUT2D eigenvalue weighted by Gasteiger charge is 2.33. The van der Waals surface area contributed by atoms with Gasteiger partial charge >= 0.3 is 5.97 Å². The van der Waals surface area contributed by atoms with E-state index in [2.05, 4.69) is 5.32 Å². The molecule has 3 aromatic rings. The summed E-state index contributed by atoms with van der Waals surface area (Å²) in [5.74, 6) is -0.534. The third-order valence-corrected chi connectivity index (χ3v) is 5.01. The molecule has 0 aliphatic carbocycles. The van der Waals surface area contributed by atoms with Crippen molar-refractivity contribution >= 4 is 28.3 Å². The summed E-state index contributed by atoms with van der Waals surface area (Å²) in [5, 5.41) is 5.00. The standard InChI is InChI=1S/C23H22N2O3/c26-22(24-20-12-6-10-18-9-4-5-11-19(18)20)15-21-23(27)28-14-13-25(21)16-17-7-2-1-3-8-17/h1-12,21H,13-16H2,(H,24,26). The third-order valence-electron chi connectivity index (χ3n) is 5.01. The number of carbonyl (C=O) groups excluding carboxylic acids is 2. The first-order valence-electron chi connectivity index (χ1n) is 9.43. The molecule has 3 aromatic carbocycles. The van der Waals surface area contributed by atoms with Crippen LogP contribution in [-0.2, 0) is 20.9 Å². The van der Waals surface area contributed by atoms with Gasteiger partial charge in [-0.2, -0.15) is 0 Å². The lowest BCUT2D eigenvalue weighted by Gasteiger charge is -2.33. The van der Waals surface area contributed by atoms with E-state index in [0.717, 1.165) is 22.0 Å². The van der Waals surface area contributed by atoms with Crippen LogP contribution in [0.15, 0.2) is 72.8 Å². The number of ether oxygens (including phenoxy) is 1. The number of hydrogen-bond donors (Lipinski definition) is 1. The van der Waals surface area contributed by atoms with Gasteiger partial charge in [-0.3, -0.25) is 14.5 Å². The van der Waals surface area contributed by atoms with Gasteiger partial charge in [0.2, 0.25) is 5.91 Å². The summed E-state index contributed by atoms with van der Waals surface area (Å²) in [7, 11) is 0. The second kappa shape index (κ2) is 8.23. The molecule has 1 atom stereocenters. The molecule has 5 nitrogen and oxygen atoms in total. The highest BCUT2D eigenvalue weighted by molar-refractivity contribution is 6.03. The molecule has 0 radical (unpaired) electrons. The van der Waals surface area contributed by atoms with Gasteiger partial charge in [0.05, 0.1) is 6.42 Å². The van der Waals surface area contributed by atoms with Crippen LogP contribution in [-0.4, -0.2) is 36.0 Å². The quantitative estimate of drug-likeness (QED) is 0.694. The summed E-state index contributed by atoms with van der Waals surface area (Å²) in [6.45, 7) is 1.59. The van der Waals surface area contributed by atoms with Crippen molar-refractivity contribution in [2.24, 2.45) is 0 Å². The maximum absolute atomic E-state index is 12.7. The van der Waals surface area contributed by atoms with Gasteiger partial charge in [0.15, 0.2) is 0 Å². The van der Waals surface area contributed by atoms with Crippen LogP contribution in [0.3, 0.4) is 0 Å². The number of hydrogen-bond acceptors (Lipinski definition) is 4. The molecule has 0 spiro atoms. The largest absolute Gasteiger partial charge is 0.463 e. The number of anilines is 1. The summed E-state index contributed by atoms with van der Waals surface area (Å²) in [4.78, 5) is 27.1. The fourth-order valence-corrected chi connectivity index (χ4v) is 3.60. The second-order valence-electron chi connectivity index (χ2n) is 6.92. The van der Waals surface area contributed by atoms with Crippen molar-refractivity contribution in [1.82, 2.24) is 4.90 Å². The number of cyclic esters (lactones) is 1. The second-order valence-corrected chi connectivity index (χ2v) is 6.92. The molecule has 4 rings (SSSR count). The summed E-state index contributed by atoms with van der Waals surface area (Å²) in [6, 6.07) is 23.0. The van der Waals surface area contributed by atoms with E-state index in [-0.39, 0.29) is 18.3 Å². The predicted octanol–water partition coefficient (Wildman–Crippen LogP) is 3.60. The van der Waals surface area contributed by atoms with Crippen LogP contribution in [0, 0.1) is 0 Å². The molecule has 1 saturated heterocycles. The normalized spacial score (nSPS) is 17.3. The number of morpholine rings is 1. The van der Waals surface area contributed by atoms with Crippen molar-refractivity contribution < 1.29 is 14.3 Å². The molecule has 1 heterocycles. The third kappa shape index (κ3) is 4.05. The zero-order valence-electron chi connectivity index (χ0n) is 15.5. The minimum atomic E-state index is -0.580. The Hall–Kier alpha value is -3.18. The lowest BCUT2D eigenvalue weighted by atomic mass is 10.1. The molecular weight excluding hydrogens is 352 g/mol. The van der Waals surface area contributed by atoms with Crippen molar-refractivity contribution in [3.05, 3.63) is 78.4 Å². The van der Waals surface area contributed by atoms with Gasteiger partial charge in [0.25, 0.3) is 0 Å². The van der Waals surface area contributed by atoms with Crippen LogP contribution < -0.4 is 5.32 Å². The highest BCUT2D eigenvalue weighted by atomic mass is 16.5. The molecule has 0 bridgehead atoms. The topological polar surface area (TPSA) is 58.6 Å². The maximum atomic E-state index is 12.7. The van der Waals surface area contributed by atoms with E-state index in [9.17, 15) is 9.59 Å². The smallest absolute Gasteiger partial charge is 0.323 e. The lowest BCUT2D eigenvalue weighted by Crippen LogP contribution is -2.49. The molecule has 1 aliphatic rings. The minimum absolute atomic E-state index is 0.0644. The summed E-state index contributed by atoms with van der Waals surface area (Å²) < 4.78 is 5.22. The van der Waals surface area contributed by atoms with Gasteiger partial charge in [-0.05, 0) is 17.0 Å². The Morgan fingerprint density at radius 2 is 1.75 bits per heavy atom. The van der Waals surface area contributed by atoms with Crippen molar-refractivity contribution in [2.45, 2.75) is 19.0 Å². The molecule has 1 N–H and O–H groups in total. The maximum Gasteiger partial charge on any atom is 0.323 e. The van der Waals surface area contributed by atoms with Gasteiger partial charge in [-0.25, -0.2) is 0 Å². The molecule has 5 heteroatoms. The SMILES string of the molecule is O=C(CC1C(=O)OCCN1Cc1ccccc1)Nc1cccc2ccccc12. The number of esters is 1. The molecule has 1 amide bonds. The number of amides is 1. The van der Waals surface area contributed by atoms with Crippen LogP contribution >= 0.6 is 0 Å². The Labute approximate surface area is 163 Å². The molecule has 0 saturated carbocycles. The van der Waals surface area contributed by atoms with E-state index in [0.29, 0.717) is 19.7 Å². The molecule has 1 fully saturated rings. The van der Waals surface area contributed by atoms with Crippen molar-refractivity contribution in [3.8, 4) is 0 Å². The van der Waals surface area contributed by atoms with Gasteiger partial charge in [0.1, 0.15) is 12.6 Å². The monoisotopic (exact) mass is 374 g/mol. The average molecular weight is 374 g/mol. The van der Waals surface area contributed by atoms with E-state index in [1.54, 1.807) is 0 Å². The van der Waals surface area contributed by atoms with Gasteiger partial charge in [-0.15, -0.1) is 0 Å². The fourth-order valence-electron chi connectivity index (χ4n) is 3.60. The average Bonchev–Trinajstić information content (AvgIpc) is 2.72. The Bertz CT molecular complexity index is 982. The van der Waals surface area contributed by atoms with Gasteiger partial charge in [0, 0.05) is 24.2 Å². The summed E-state index contributed by atoms with van der Waals surface area (Å²) >= 11 is 0. The summed E-state index contributed by atoms with van der Waals surface area (Å²) in [6.07, 6.45) is 0.0644. The highest BCUT2D eigenvalue weighted by Crippen LogP contribution is 2.24. The Balaban J connectivity index is 1.48. The first kappa shape index (κ1) is 18.2. The molecule has 28 heavy (non-hydrogen) atoms. The number of nitrogens with one attached hydrogen (secondary N) is 1. The molecule has 0 aromatic heterocycles.